The van der Waals surface area contributed by atoms with Crippen molar-refractivity contribution in [2.24, 2.45) is 13.0 Å². The summed E-state index contributed by atoms with van der Waals surface area (Å²) >= 11 is 0. The number of rotatable bonds is 5. The lowest BCUT2D eigenvalue weighted by molar-refractivity contribution is -0.117. The Morgan fingerprint density at radius 1 is 1.00 bits per heavy atom. The van der Waals surface area contributed by atoms with E-state index >= 15 is 0 Å². The van der Waals surface area contributed by atoms with E-state index in [1.807, 2.05) is 62.1 Å². The highest BCUT2D eigenvalue weighted by atomic mass is 16.2. The molecule has 1 aliphatic carbocycles. The lowest BCUT2D eigenvalue weighted by Crippen LogP contribution is -2.13. The molecule has 7 nitrogen and oxygen atoms in total. The summed E-state index contributed by atoms with van der Waals surface area (Å²) in [4.78, 5) is 21.3. The first-order chi connectivity index (χ1) is 17.8. The predicted octanol–water partition coefficient (Wildman–Crippen LogP) is 6.00. The molecule has 1 N–H and O–H groups in total. The van der Waals surface area contributed by atoms with Crippen LogP contribution in [0.15, 0.2) is 67.1 Å². The van der Waals surface area contributed by atoms with Crippen LogP contribution in [0.1, 0.15) is 32.3 Å². The van der Waals surface area contributed by atoms with E-state index in [-0.39, 0.29) is 11.8 Å². The van der Waals surface area contributed by atoms with Crippen LogP contribution in [-0.2, 0) is 17.3 Å². The molecule has 37 heavy (non-hydrogen) atoms. The third-order valence-electron chi connectivity index (χ3n) is 7.11. The fraction of sp³-hybridized carbons (Fsp3) is 0.233. The Hall–Kier alpha value is -4.57. The number of nitrogens with zero attached hydrogens (tertiary/aromatic N) is 5. The fourth-order valence-electron chi connectivity index (χ4n) is 4.76. The van der Waals surface area contributed by atoms with Gasteiger partial charge in [-0.25, -0.2) is 0 Å². The molecule has 1 amide bonds. The zero-order valence-electron chi connectivity index (χ0n) is 21.0. The number of carbonyl (C=O) groups is 1. The molecule has 0 saturated heterocycles. The number of nitriles is 1. The summed E-state index contributed by atoms with van der Waals surface area (Å²) in [6.07, 6.45) is 7.21. The molecule has 182 valence electrons. The standard InChI is InChI=1S/C30H26N6O/c1-30(2,17-31)22-9-6-18(7-10-22)28-27-24-13-20(8-11-25(24)33-16-26(27)35-36(28)3)21-12-23(15-32-14-21)34-29(37)19-4-5-19/h6-16,19H,4-5H2,1-3H3,(H,34,37). The van der Waals surface area contributed by atoms with Crippen LogP contribution < -0.4 is 5.32 Å². The van der Waals surface area contributed by atoms with Gasteiger partial charge in [-0.2, -0.15) is 10.4 Å². The van der Waals surface area contributed by atoms with Gasteiger partial charge in [-0.3, -0.25) is 19.4 Å². The second kappa shape index (κ2) is 8.52. The van der Waals surface area contributed by atoms with Crippen molar-refractivity contribution < 1.29 is 4.79 Å². The summed E-state index contributed by atoms with van der Waals surface area (Å²) in [6.45, 7) is 3.84. The van der Waals surface area contributed by atoms with Gasteiger partial charge >= 0.3 is 0 Å². The molecule has 0 bridgehead atoms. The third kappa shape index (κ3) is 4.11. The van der Waals surface area contributed by atoms with E-state index < -0.39 is 5.41 Å². The van der Waals surface area contributed by atoms with Crippen LogP contribution in [0, 0.1) is 17.2 Å². The number of anilines is 1. The second-order valence-corrected chi connectivity index (χ2v) is 10.3. The number of carbonyl (C=O) groups excluding carboxylic acids is 1. The maximum Gasteiger partial charge on any atom is 0.227 e. The summed E-state index contributed by atoms with van der Waals surface area (Å²) in [5, 5.41) is 19.3. The van der Waals surface area contributed by atoms with Crippen LogP contribution in [0.25, 0.3) is 44.2 Å². The highest BCUT2D eigenvalue weighted by Gasteiger charge is 2.29. The van der Waals surface area contributed by atoms with Crippen molar-refractivity contribution in [3.63, 3.8) is 0 Å². The quantitative estimate of drug-likeness (QED) is 0.329. The number of hydrogen-bond acceptors (Lipinski definition) is 5. The van der Waals surface area contributed by atoms with Crippen molar-refractivity contribution in [2.45, 2.75) is 32.1 Å². The summed E-state index contributed by atoms with van der Waals surface area (Å²) in [5.41, 5.74) is 6.72. The molecule has 0 radical (unpaired) electrons. The Morgan fingerprint density at radius 3 is 2.49 bits per heavy atom. The van der Waals surface area contributed by atoms with Crippen molar-refractivity contribution in [1.82, 2.24) is 19.7 Å². The van der Waals surface area contributed by atoms with E-state index in [0.717, 1.165) is 62.6 Å². The van der Waals surface area contributed by atoms with Gasteiger partial charge in [-0.15, -0.1) is 0 Å². The first-order valence-corrected chi connectivity index (χ1v) is 12.4. The number of aryl methyl sites for hydroxylation is 1. The molecule has 1 fully saturated rings. The van der Waals surface area contributed by atoms with Crippen molar-refractivity contribution in [3.05, 3.63) is 72.7 Å². The molecule has 0 aliphatic heterocycles. The molecule has 0 atom stereocenters. The Kier molecular flexibility index (Phi) is 5.27. The van der Waals surface area contributed by atoms with Gasteiger partial charge in [0.25, 0.3) is 0 Å². The maximum atomic E-state index is 12.2. The topological polar surface area (TPSA) is 96.5 Å². The number of hydrogen-bond donors (Lipinski definition) is 1. The third-order valence-corrected chi connectivity index (χ3v) is 7.11. The molecule has 7 heteroatoms. The minimum Gasteiger partial charge on any atom is -0.324 e. The van der Waals surface area contributed by atoms with Crippen molar-refractivity contribution in [1.29, 1.82) is 5.26 Å². The molecular weight excluding hydrogens is 460 g/mol. The Balaban J connectivity index is 1.46. The lowest BCUT2D eigenvalue weighted by atomic mass is 9.86. The SMILES string of the molecule is Cn1nc2cnc3ccc(-c4cncc(NC(=O)C5CC5)c4)cc3c2c1-c1ccc(C(C)(C)C#N)cc1. The van der Waals surface area contributed by atoms with Crippen LogP contribution in [0.5, 0.6) is 0 Å². The van der Waals surface area contributed by atoms with Gasteiger partial charge in [0.05, 0.1) is 40.8 Å². The first kappa shape index (κ1) is 22.9. The number of aromatic nitrogens is 4. The van der Waals surface area contributed by atoms with Gasteiger partial charge < -0.3 is 5.32 Å². The smallest absolute Gasteiger partial charge is 0.227 e. The highest BCUT2D eigenvalue weighted by molar-refractivity contribution is 6.12. The molecule has 1 aliphatic rings. The van der Waals surface area contributed by atoms with E-state index in [4.69, 9.17) is 5.10 Å². The van der Waals surface area contributed by atoms with Crippen LogP contribution in [0.3, 0.4) is 0 Å². The number of amides is 1. The number of benzene rings is 2. The zero-order chi connectivity index (χ0) is 25.7. The van der Waals surface area contributed by atoms with Crippen LogP contribution >= 0.6 is 0 Å². The van der Waals surface area contributed by atoms with Gasteiger partial charge in [0.2, 0.25) is 5.91 Å². The normalized spacial score (nSPS) is 13.6. The Labute approximate surface area is 214 Å². The molecule has 0 spiro atoms. The molecule has 1 saturated carbocycles. The summed E-state index contributed by atoms with van der Waals surface area (Å²) in [6, 6.07) is 18.6. The molecule has 2 aromatic carbocycles. The Bertz CT molecular complexity index is 1720. The van der Waals surface area contributed by atoms with Crippen molar-refractivity contribution in [2.75, 3.05) is 5.32 Å². The molecule has 3 aromatic heterocycles. The van der Waals surface area contributed by atoms with E-state index in [1.54, 1.807) is 12.4 Å². The summed E-state index contributed by atoms with van der Waals surface area (Å²) in [5.74, 6) is 0.195. The highest BCUT2D eigenvalue weighted by Crippen LogP contribution is 2.36. The van der Waals surface area contributed by atoms with Crippen LogP contribution in [0.4, 0.5) is 5.69 Å². The molecule has 0 unspecified atom stereocenters. The number of pyridine rings is 2. The zero-order valence-corrected chi connectivity index (χ0v) is 21.0. The minimum atomic E-state index is -0.556. The van der Waals surface area contributed by atoms with Gasteiger partial charge in [0, 0.05) is 41.1 Å². The monoisotopic (exact) mass is 486 g/mol. The maximum absolute atomic E-state index is 12.2. The summed E-state index contributed by atoms with van der Waals surface area (Å²) < 4.78 is 1.89. The van der Waals surface area contributed by atoms with Crippen LogP contribution in [0.2, 0.25) is 0 Å². The predicted molar refractivity (Wildman–Crippen MR) is 145 cm³/mol. The van der Waals surface area contributed by atoms with E-state index in [1.165, 1.54) is 0 Å². The van der Waals surface area contributed by atoms with Crippen molar-refractivity contribution in [3.8, 4) is 28.5 Å². The van der Waals surface area contributed by atoms with E-state index in [0.29, 0.717) is 5.69 Å². The number of nitrogens with one attached hydrogen (secondary N) is 1. The van der Waals surface area contributed by atoms with E-state index in [2.05, 4.69) is 39.6 Å². The molecular formula is C30H26N6O. The largest absolute Gasteiger partial charge is 0.324 e. The first-order valence-electron chi connectivity index (χ1n) is 12.4. The average Bonchev–Trinajstić information content (AvgIpc) is 3.71. The molecule has 5 aromatic rings. The lowest BCUT2D eigenvalue weighted by Gasteiger charge is -2.16. The fourth-order valence-corrected chi connectivity index (χ4v) is 4.76. The molecule has 6 rings (SSSR count). The summed E-state index contributed by atoms with van der Waals surface area (Å²) in [7, 11) is 1.94. The minimum absolute atomic E-state index is 0.0625. The molecule has 3 heterocycles. The van der Waals surface area contributed by atoms with Crippen LogP contribution in [-0.4, -0.2) is 25.7 Å². The van der Waals surface area contributed by atoms with E-state index in [9.17, 15) is 10.1 Å². The van der Waals surface area contributed by atoms with Gasteiger partial charge in [-0.05, 0) is 56.0 Å². The van der Waals surface area contributed by atoms with Gasteiger partial charge in [-0.1, -0.05) is 30.3 Å². The average molecular weight is 487 g/mol. The van der Waals surface area contributed by atoms with Crippen molar-refractivity contribution >= 4 is 33.4 Å². The Morgan fingerprint density at radius 2 is 1.76 bits per heavy atom. The van der Waals surface area contributed by atoms with Gasteiger partial charge in [0.1, 0.15) is 5.52 Å². The van der Waals surface area contributed by atoms with Gasteiger partial charge in [0.15, 0.2) is 0 Å². The number of fused-ring (bicyclic) bond motifs is 3. The second-order valence-electron chi connectivity index (χ2n) is 10.3.